The first-order valence-corrected chi connectivity index (χ1v) is 4.15. The van der Waals surface area contributed by atoms with Crippen molar-refractivity contribution >= 4 is 7.85 Å². The van der Waals surface area contributed by atoms with Crippen molar-refractivity contribution in [1.82, 2.24) is 9.80 Å². The van der Waals surface area contributed by atoms with Gasteiger partial charge in [0, 0.05) is 26.9 Å². The highest BCUT2D eigenvalue weighted by Crippen LogP contribution is 2.04. The lowest BCUT2D eigenvalue weighted by molar-refractivity contribution is 0.291. The molecule has 0 atom stereocenters. The minimum absolute atomic E-state index is 0. The molecule has 1 aliphatic rings. The van der Waals surface area contributed by atoms with Crippen molar-refractivity contribution in [2.45, 2.75) is 6.92 Å². The Hall–Kier alpha value is -1.37. The molecule has 1 rings (SSSR count). The Morgan fingerprint density at radius 2 is 2.23 bits per heavy atom. The predicted octanol–water partition coefficient (Wildman–Crippen LogP) is 1.12. The van der Waals surface area contributed by atoms with Gasteiger partial charge in [0.25, 0.3) is 0 Å². The topological polar surface area (TPSA) is 30.3 Å². The molecule has 1 heterocycles. The van der Waals surface area contributed by atoms with Gasteiger partial charge in [0.1, 0.15) is 0 Å². The van der Waals surface area contributed by atoms with Crippen molar-refractivity contribution < 1.29 is 1.43 Å². The SMILES string of the molecule is C=CCN1C=CN(CC)C1.[B]C#N.[HH]. The van der Waals surface area contributed by atoms with Crippen molar-refractivity contribution in [3.63, 3.8) is 0 Å². The van der Waals surface area contributed by atoms with E-state index in [1.807, 2.05) is 6.08 Å². The monoisotopic (exact) mass is 177 g/mol. The van der Waals surface area contributed by atoms with Gasteiger partial charge in [-0.2, -0.15) is 0 Å². The van der Waals surface area contributed by atoms with Crippen LogP contribution in [0.3, 0.4) is 0 Å². The number of hydrogen-bond donors (Lipinski definition) is 0. The molecule has 2 radical (unpaired) electrons. The third-order valence-corrected chi connectivity index (χ3v) is 1.62. The Balaban J connectivity index is 0. The van der Waals surface area contributed by atoms with Gasteiger partial charge in [-0.05, 0) is 12.9 Å². The molecule has 3 nitrogen and oxygen atoms in total. The van der Waals surface area contributed by atoms with Gasteiger partial charge in [0.15, 0.2) is 0 Å². The van der Waals surface area contributed by atoms with E-state index in [0.717, 1.165) is 19.8 Å². The van der Waals surface area contributed by atoms with Crippen LogP contribution in [0.25, 0.3) is 0 Å². The molecule has 0 amide bonds. The number of nitrogens with zero attached hydrogens (tertiary/aromatic N) is 3. The van der Waals surface area contributed by atoms with Gasteiger partial charge >= 0.3 is 0 Å². The highest BCUT2D eigenvalue weighted by molar-refractivity contribution is 6.20. The molecule has 0 aromatic carbocycles. The van der Waals surface area contributed by atoms with Crippen molar-refractivity contribution in [3.8, 4) is 5.97 Å². The van der Waals surface area contributed by atoms with Crippen LogP contribution in [0.2, 0.25) is 0 Å². The van der Waals surface area contributed by atoms with Crippen LogP contribution >= 0.6 is 0 Å². The lowest BCUT2D eigenvalue weighted by atomic mass is 10.2. The number of hydrogen-bond acceptors (Lipinski definition) is 3. The largest absolute Gasteiger partial charge is 0.359 e. The van der Waals surface area contributed by atoms with Crippen molar-refractivity contribution in [1.29, 1.82) is 5.26 Å². The zero-order chi connectivity index (χ0) is 10.1. The maximum absolute atomic E-state index is 7.10. The molecule has 1 aliphatic heterocycles. The maximum atomic E-state index is 7.10. The minimum Gasteiger partial charge on any atom is -0.359 e. The molecule has 70 valence electrons. The summed E-state index contributed by atoms with van der Waals surface area (Å²) in [6.45, 7) is 8.89. The van der Waals surface area contributed by atoms with Crippen molar-refractivity contribution in [2.24, 2.45) is 0 Å². The maximum Gasteiger partial charge on any atom is 0.229 e. The summed E-state index contributed by atoms with van der Waals surface area (Å²) in [5.74, 6) is 1.25. The summed E-state index contributed by atoms with van der Waals surface area (Å²) >= 11 is 0. The standard InChI is InChI=1S/C8H14N2.CBN.H2/c1-3-5-10-7-6-9(4-2)8-10;2-1-3;/h3,6-7H,1,4-5,8H2,2H3;;1H. The fraction of sp³-hybridized carbons (Fsp3) is 0.444. The van der Waals surface area contributed by atoms with E-state index in [9.17, 15) is 0 Å². The molecular formula is C9H16BN3. The molecule has 0 spiro atoms. The lowest BCUT2D eigenvalue weighted by Crippen LogP contribution is -2.24. The molecule has 0 fully saturated rings. The zero-order valence-electron chi connectivity index (χ0n) is 7.98. The van der Waals surface area contributed by atoms with Crippen LogP contribution in [0.5, 0.6) is 0 Å². The molecule has 0 N–H and O–H groups in total. The summed E-state index contributed by atoms with van der Waals surface area (Å²) in [7, 11) is 4.15. The molecule has 0 saturated heterocycles. The Labute approximate surface area is 82.8 Å². The van der Waals surface area contributed by atoms with Gasteiger partial charge in [-0.1, -0.05) is 6.08 Å². The van der Waals surface area contributed by atoms with Gasteiger partial charge in [0.2, 0.25) is 7.85 Å². The molecule has 0 bridgehead atoms. The smallest absolute Gasteiger partial charge is 0.229 e. The Morgan fingerprint density at radius 1 is 1.69 bits per heavy atom. The highest BCUT2D eigenvalue weighted by atomic mass is 15.3. The molecule has 13 heavy (non-hydrogen) atoms. The summed E-state index contributed by atoms with van der Waals surface area (Å²) in [4.78, 5) is 4.47. The second-order valence-corrected chi connectivity index (χ2v) is 2.53. The van der Waals surface area contributed by atoms with E-state index >= 15 is 0 Å². The van der Waals surface area contributed by atoms with E-state index in [2.05, 4.69) is 43.5 Å². The molecule has 0 saturated carbocycles. The van der Waals surface area contributed by atoms with Crippen LogP contribution in [0.15, 0.2) is 25.1 Å². The van der Waals surface area contributed by atoms with Crippen molar-refractivity contribution in [3.05, 3.63) is 25.1 Å². The Bertz CT molecular complexity index is 213. The summed E-state index contributed by atoms with van der Waals surface area (Å²) in [6.07, 6.45) is 6.14. The van der Waals surface area contributed by atoms with Crippen LogP contribution in [0.1, 0.15) is 8.35 Å². The van der Waals surface area contributed by atoms with E-state index in [0.29, 0.717) is 0 Å². The van der Waals surface area contributed by atoms with E-state index in [1.54, 1.807) is 0 Å². The predicted molar refractivity (Wildman–Crippen MR) is 56.8 cm³/mol. The van der Waals surface area contributed by atoms with Crippen LogP contribution in [-0.2, 0) is 0 Å². The van der Waals surface area contributed by atoms with Gasteiger partial charge < -0.3 is 9.80 Å². The lowest BCUT2D eigenvalue weighted by Gasteiger charge is -2.17. The molecule has 0 unspecified atom stereocenters. The summed E-state index contributed by atoms with van der Waals surface area (Å²) in [5, 5.41) is 7.10. The molecular weight excluding hydrogens is 161 g/mol. The molecule has 4 heteroatoms. The fourth-order valence-corrected chi connectivity index (χ4v) is 1.01. The second-order valence-electron chi connectivity index (χ2n) is 2.53. The number of nitriles is 1. The van der Waals surface area contributed by atoms with E-state index in [-0.39, 0.29) is 1.43 Å². The zero-order valence-corrected chi connectivity index (χ0v) is 7.98. The second kappa shape index (κ2) is 7.29. The summed E-state index contributed by atoms with van der Waals surface area (Å²) in [5.41, 5.74) is 0. The molecule has 0 aromatic heterocycles. The van der Waals surface area contributed by atoms with Gasteiger partial charge in [-0.25, -0.2) is 5.26 Å². The third-order valence-electron chi connectivity index (χ3n) is 1.62. The normalized spacial score (nSPS) is 13.2. The summed E-state index contributed by atoms with van der Waals surface area (Å²) in [6, 6.07) is 0. The van der Waals surface area contributed by atoms with E-state index in [4.69, 9.17) is 5.26 Å². The first-order valence-electron chi connectivity index (χ1n) is 4.15. The van der Waals surface area contributed by atoms with E-state index < -0.39 is 0 Å². The van der Waals surface area contributed by atoms with Crippen LogP contribution in [0.4, 0.5) is 0 Å². The molecule has 0 aromatic rings. The minimum atomic E-state index is 0. The van der Waals surface area contributed by atoms with Gasteiger partial charge in [-0.3, -0.25) is 0 Å². The molecule has 0 aliphatic carbocycles. The van der Waals surface area contributed by atoms with E-state index in [1.165, 1.54) is 5.97 Å². The average Bonchev–Trinajstić information content (AvgIpc) is 2.54. The van der Waals surface area contributed by atoms with Crippen LogP contribution < -0.4 is 0 Å². The van der Waals surface area contributed by atoms with Gasteiger partial charge in [0.05, 0.1) is 6.67 Å². The quantitative estimate of drug-likeness (QED) is 0.478. The first kappa shape index (κ1) is 11.6. The average molecular weight is 177 g/mol. The van der Waals surface area contributed by atoms with Crippen LogP contribution in [-0.4, -0.2) is 37.4 Å². The number of rotatable bonds is 3. The van der Waals surface area contributed by atoms with Gasteiger partial charge in [-0.15, -0.1) is 6.58 Å². The van der Waals surface area contributed by atoms with Crippen molar-refractivity contribution in [2.75, 3.05) is 19.8 Å². The Kier molecular flexibility index (Phi) is 6.53. The Morgan fingerprint density at radius 3 is 2.62 bits per heavy atom. The third kappa shape index (κ3) is 4.97. The fourth-order valence-electron chi connectivity index (χ4n) is 1.01. The van der Waals surface area contributed by atoms with Crippen LogP contribution in [0, 0.1) is 11.2 Å². The highest BCUT2D eigenvalue weighted by Gasteiger charge is 2.06. The summed E-state index contributed by atoms with van der Waals surface area (Å²) < 4.78 is 0. The first-order chi connectivity index (χ1) is 6.28.